The predicted molar refractivity (Wildman–Crippen MR) is 61.9 cm³/mol. The molecule has 5 heteroatoms. The first-order valence-corrected chi connectivity index (χ1v) is 5.19. The minimum absolute atomic E-state index is 0.0324. The van der Waals surface area contributed by atoms with E-state index >= 15 is 0 Å². The van der Waals surface area contributed by atoms with Crippen LogP contribution < -0.4 is 5.69 Å². The lowest BCUT2D eigenvalue weighted by molar-refractivity contribution is -0.136. The lowest BCUT2D eigenvalue weighted by Crippen LogP contribution is -2.18. The molecular formula is C12H12N2O3. The van der Waals surface area contributed by atoms with Crippen LogP contribution in [0.2, 0.25) is 0 Å². The van der Waals surface area contributed by atoms with Crippen LogP contribution in [0, 0.1) is 0 Å². The molecule has 0 spiro atoms. The molecule has 0 fully saturated rings. The Bertz CT molecular complexity index is 583. The van der Waals surface area contributed by atoms with Crippen LogP contribution in [0.4, 0.5) is 0 Å². The van der Waals surface area contributed by atoms with Gasteiger partial charge in [-0.1, -0.05) is 24.3 Å². The van der Waals surface area contributed by atoms with Crippen molar-refractivity contribution in [3.63, 3.8) is 0 Å². The zero-order valence-electron chi connectivity index (χ0n) is 9.09. The van der Waals surface area contributed by atoms with Crippen molar-refractivity contribution in [3.8, 4) is 0 Å². The van der Waals surface area contributed by atoms with Gasteiger partial charge in [-0.3, -0.25) is 9.36 Å². The number of rotatable bonds is 4. The second-order valence-corrected chi connectivity index (χ2v) is 3.73. The molecule has 2 aromatic rings. The zero-order valence-corrected chi connectivity index (χ0v) is 9.09. The van der Waals surface area contributed by atoms with Crippen LogP contribution in [0.1, 0.15) is 11.1 Å². The molecule has 1 heterocycles. The van der Waals surface area contributed by atoms with Gasteiger partial charge in [0.25, 0.3) is 0 Å². The third-order valence-electron chi connectivity index (χ3n) is 2.52. The Morgan fingerprint density at radius 1 is 1.29 bits per heavy atom. The van der Waals surface area contributed by atoms with E-state index in [0.717, 1.165) is 11.1 Å². The van der Waals surface area contributed by atoms with Crippen LogP contribution in [0.25, 0.3) is 0 Å². The number of hydrogen-bond donors (Lipinski definition) is 2. The van der Waals surface area contributed by atoms with Crippen molar-refractivity contribution in [1.82, 2.24) is 9.55 Å². The van der Waals surface area contributed by atoms with Crippen LogP contribution in [0.5, 0.6) is 0 Å². The minimum atomic E-state index is -0.876. The molecule has 0 atom stereocenters. The summed E-state index contributed by atoms with van der Waals surface area (Å²) in [5, 5.41) is 8.80. The molecule has 0 unspecified atom stereocenters. The lowest BCUT2D eigenvalue weighted by atomic mass is 10.0. The van der Waals surface area contributed by atoms with E-state index in [2.05, 4.69) is 4.98 Å². The molecule has 0 saturated heterocycles. The number of H-pyrrole nitrogens is 1. The Labute approximate surface area is 97.3 Å². The van der Waals surface area contributed by atoms with Crippen LogP contribution in [0.15, 0.2) is 41.5 Å². The monoisotopic (exact) mass is 232 g/mol. The first kappa shape index (κ1) is 11.2. The fourth-order valence-corrected chi connectivity index (χ4v) is 1.70. The summed E-state index contributed by atoms with van der Waals surface area (Å²) in [6, 6.07) is 7.22. The van der Waals surface area contributed by atoms with Gasteiger partial charge in [0.15, 0.2) is 0 Å². The summed E-state index contributed by atoms with van der Waals surface area (Å²) in [6.45, 7) is 0.381. The number of carboxylic acids is 1. The molecule has 0 amide bonds. The van der Waals surface area contributed by atoms with Gasteiger partial charge in [0.1, 0.15) is 0 Å². The molecule has 1 aromatic carbocycles. The highest BCUT2D eigenvalue weighted by molar-refractivity contribution is 5.70. The number of hydrogen-bond acceptors (Lipinski definition) is 2. The van der Waals surface area contributed by atoms with Gasteiger partial charge in [-0.2, -0.15) is 0 Å². The number of aromatic nitrogens is 2. The summed E-state index contributed by atoms with van der Waals surface area (Å²) in [4.78, 5) is 24.6. The number of benzene rings is 1. The fraction of sp³-hybridized carbons (Fsp3) is 0.167. The van der Waals surface area contributed by atoms with Gasteiger partial charge in [-0.05, 0) is 11.1 Å². The highest BCUT2D eigenvalue weighted by Gasteiger charge is 2.07. The first-order chi connectivity index (χ1) is 8.16. The van der Waals surface area contributed by atoms with Crippen molar-refractivity contribution in [2.24, 2.45) is 0 Å². The summed E-state index contributed by atoms with van der Waals surface area (Å²) in [5.74, 6) is -0.876. The standard InChI is InChI=1S/C12H12N2O3/c15-11(16)7-9-3-1-2-4-10(9)8-14-6-5-13-12(14)17/h1-6H,7-8H2,(H,13,17)(H,15,16). The van der Waals surface area contributed by atoms with Gasteiger partial charge in [-0.25, -0.2) is 4.79 Å². The van der Waals surface area contributed by atoms with Gasteiger partial charge < -0.3 is 10.1 Å². The average Bonchev–Trinajstić information content (AvgIpc) is 2.67. The number of aromatic amines is 1. The van der Waals surface area contributed by atoms with Gasteiger partial charge in [0.2, 0.25) is 0 Å². The van der Waals surface area contributed by atoms with Crippen LogP contribution in [0.3, 0.4) is 0 Å². The Hall–Kier alpha value is -2.30. The van der Waals surface area contributed by atoms with E-state index in [1.807, 2.05) is 12.1 Å². The van der Waals surface area contributed by atoms with Gasteiger partial charge in [-0.15, -0.1) is 0 Å². The lowest BCUT2D eigenvalue weighted by Gasteiger charge is -2.07. The summed E-state index contributed by atoms with van der Waals surface area (Å²) in [5.41, 5.74) is 1.37. The predicted octanol–water partition coefficient (Wildman–Crippen LogP) is 0.852. The summed E-state index contributed by atoms with van der Waals surface area (Å²) in [6.07, 6.45) is 3.16. The van der Waals surface area contributed by atoms with E-state index in [1.165, 1.54) is 4.57 Å². The largest absolute Gasteiger partial charge is 0.481 e. The normalized spacial score (nSPS) is 10.4. The van der Waals surface area contributed by atoms with Crippen molar-refractivity contribution in [3.05, 3.63) is 58.3 Å². The maximum absolute atomic E-state index is 11.3. The molecule has 2 rings (SSSR count). The Morgan fingerprint density at radius 3 is 2.59 bits per heavy atom. The molecule has 0 bridgehead atoms. The molecule has 1 aromatic heterocycles. The van der Waals surface area contributed by atoms with E-state index in [-0.39, 0.29) is 12.1 Å². The van der Waals surface area contributed by atoms with E-state index in [4.69, 9.17) is 5.11 Å². The second-order valence-electron chi connectivity index (χ2n) is 3.73. The molecule has 0 aliphatic carbocycles. The topological polar surface area (TPSA) is 75.1 Å². The number of carboxylic acid groups (broad SMARTS) is 1. The second kappa shape index (κ2) is 4.69. The van der Waals surface area contributed by atoms with E-state index in [1.54, 1.807) is 24.5 Å². The van der Waals surface area contributed by atoms with Crippen molar-refractivity contribution in [2.45, 2.75) is 13.0 Å². The summed E-state index contributed by atoms with van der Waals surface area (Å²) >= 11 is 0. The fourth-order valence-electron chi connectivity index (χ4n) is 1.70. The molecule has 5 nitrogen and oxygen atoms in total. The molecule has 0 saturated carbocycles. The van der Waals surface area contributed by atoms with E-state index in [0.29, 0.717) is 6.54 Å². The average molecular weight is 232 g/mol. The smallest absolute Gasteiger partial charge is 0.325 e. The number of aliphatic carboxylic acids is 1. The zero-order chi connectivity index (χ0) is 12.3. The van der Waals surface area contributed by atoms with Crippen LogP contribution in [-0.2, 0) is 17.8 Å². The number of carbonyl (C=O) groups is 1. The Kier molecular flexibility index (Phi) is 3.09. The Morgan fingerprint density at radius 2 is 2.00 bits per heavy atom. The molecule has 2 N–H and O–H groups in total. The number of imidazole rings is 1. The van der Waals surface area contributed by atoms with Crippen molar-refractivity contribution >= 4 is 5.97 Å². The highest BCUT2D eigenvalue weighted by Crippen LogP contribution is 2.10. The molecule has 0 radical (unpaired) electrons. The van der Waals surface area contributed by atoms with E-state index in [9.17, 15) is 9.59 Å². The van der Waals surface area contributed by atoms with Crippen molar-refractivity contribution < 1.29 is 9.90 Å². The SMILES string of the molecule is O=C(O)Cc1ccccc1Cn1cc[nH]c1=O. The third kappa shape index (κ3) is 2.63. The van der Waals surface area contributed by atoms with Gasteiger partial charge in [0.05, 0.1) is 13.0 Å². The van der Waals surface area contributed by atoms with Crippen molar-refractivity contribution in [1.29, 1.82) is 0 Å². The van der Waals surface area contributed by atoms with Crippen LogP contribution in [-0.4, -0.2) is 20.6 Å². The van der Waals surface area contributed by atoms with Gasteiger partial charge in [0, 0.05) is 12.4 Å². The maximum atomic E-state index is 11.3. The Balaban J connectivity index is 2.29. The number of nitrogens with zero attached hydrogens (tertiary/aromatic N) is 1. The molecule has 88 valence electrons. The minimum Gasteiger partial charge on any atom is -0.481 e. The summed E-state index contributed by atoms with van der Waals surface area (Å²) in [7, 11) is 0. The van der Waals surface area contributed by atoms with Gasteiger partial charge >= 0.3 is 11.7 Å². The van der Waals surface area contributed by atoms with E-state index < -0.39 is 5.97 Å². The highest BCUT2D eigenvalue weighted by atomic mass is 16.4. The van der Waals surface area contributed by atoms with Crippen molar-refractivity contribution in [2.75, 3.05) is 0 Å². The van der Waals surface area contributed by atoms with Crippen LogP contribution >= 0.6 is 0 Å². The first-order valence-electron chi connectivity index (χ1n) is 5.19. The summed E-state index contributed by atoms with van der Waals surface area (Å²) < 4.78 is 1.50. The molecule has 0 aliphatic heterocycles. The third-order valence-corrected chi connectivity index (χ3v) is 2.52. The molecule has 0 aliphatic rings. The molecular weight excluding hydrogens is 220 g/mol. The molecule has 17 heavy (non-hydrogen) atoms. The quantitative estimate of drug-likeness (QED) is 0.820. The maximum Gasteiger partial charge on any atom is 0.325 e. The number of nitrogens with one attached hydrogen (secondary N) is 1.